The lowest BCUT2D eigenvalue weighted by molar-refractivity contribution is 0.210. The minimum absolute atomic E-state index is 0.374. The second kappa shape index (κ2) is 7.37. The number of hydrogen-bond acceptors (Lipinski definition) is 4. The van der Waals surface area contributed by atoms with E-state index in [1.54, 1.807) is 25.3 Å². The molecule has 0 aliphatic heterocycles. The van der Waals surface area contributed by atoms with E-state index in [0.717, 1.165) is 16.9 Å². The van der Waals surface area contributed by atoms with E-state index in [2.05, 4.69) is 12.1 Å². The van der Waals surface area contributed by atoms with Gasteiger partial charge in [0, 0.05) is 6.07 Å². The van der Waals surface area contributed by atoms with Crippen LogP contribution in [0.1, 0.15) is 16.7 Å². The highest BCUT2D eigenvalue weighted by Gasteiger charge is 2.06. The summed E-state index contributed by atoms with van der Waals surface area (Å²) in [7, 11) is 1.57. The maximum Gasteiger partial charge on any atom is 0.162 e. The van der Waals surface area contributed by atoms with Gasteiger partial charge < -0.3 is 14.2 Å². The van der Waals surface area contributed by atoms with Gasteiger partial charge in [-0.25, -0.2) is 0 Å². The fourth-order valence-corrected chi connectivity index (χ4v) is 2.03. The minimum atomic E-state index is 0.374. The highest BCUT2D eigenvalue weighted by atomic mass is 16.5. The summed E-state index contributed by atoms with van der Waals surface area (Å²) in [6, 6.07) is 13.3. The van der Waals surface area contributed by atoms with E-state index < -0.39 is 0 Å². The molecule has 2 rings (SSSR count). The number of benzene rings is 2. The number of hydrogen-bond donors (Lipinski definition) is 0. The van der Waals surface area contributed by atoms with Crippen LogP contribution < -0.4 is 14.2 Å². The molecule has 4 heteroatoms. The van der Waals surface area contributed by atoms with Crippen molar-refractivity contribution in [1.82, 2.24) is 0 Å². The molecule has 0 saturated heterocycles. The van der Waals surface area contributed by atoms with E-state index >= 15 is 0 Å². The van der Waals surface area contributed by atoms with Gasteiger partial charge in [-0.15, -0.1) is 0 Å². The van der Waals surface area contributed by atoms with Crippen molar-refractivity contribution in [3.8, 4) is 23.3 Å². The Morgan fingerprint density at radius 2 is 1.64 bits per heavy atom. The van der Waals surface area contributed by atoms with Crippen LogP contribution in [0.2, 0.25) is 0 Å². The predicted octanol–water partition coefficient (Wildman–Crippen LogP) is 3.64. The van der Waals surface area contributed by atoms with Crippen molar-refractivity contribution < 1.29 is 14.2 Å². The van der Waals surface area contributed by atoms with Gasteiger partial charge in [0.15, 0.2) is 11.5 Å². The second-order valence-electron chi connectivity index (χ2n) is 4.94. The smallest absolute Gasteiger partial charge is 0.162 e. The van der Waals surface area contributed by atoms with Gasteiger partial charge >= 0.3 is 0 Å². The Morgan fingerprint density at radius 3 is 2.32 bits per heavy atom. The standard InChI is InChI=1S/C18H19NO3/c1-13-4-5-14(2)17(10-13)21-8-9-22-18-11-15(12-19)6-7-16(18)20-3/h4-7,10-11H,8-9H2,1-3H3. The summed E-state index contributed by atoms with van der Waals surface area (Å²) in [6.45, 7) is 4.83. The Morgan fingerprint density at radius 1 is 0.909 bits per heavy atom. The van der Waals surface area contributed by atoms with Crippen LogP contribution in [0.5, 0.6) is 17.2 Å². The lowest BCUT2D eigenvalue weighted by Gasteiger charge is -2.13. The molecule has 0 radical (unpaired) electrons. The number of ether oxygens (including phenoxy) is 3. The maximum absolute atomic E-state index is 8.93. The third kappa shape index (κ3) is 3.92. The van der Waals surface area contributed by atoms with Crippen molar-refractivity contribution in [3.63, 3.8) is 0 Å². The summed E-state index contributed by atoms with van der Waals surface area (Å²) in [6.07, 6.45) is 0. The van der Waals surface area contributed by atoms with E-state index in [4.69, 9.17) is 19.5 Å². The Bertz CT molecular complexity index is 689. The lowest BCUT2D eigenvalue weighted by Crippen LogP contribution is -2.10. The monoisotopic (exact) mass is 297 g/mol. The molecule has 0 aliphatic rings. The van der Waals surface area contributed by atoms with Crippen LogP contribution >= 0.6 is 0 Å². The van der Waals surface area contributed by atoms with Crippen molar-refractivity contribution in [1.29, 1.82) is 5.26 Å². The summed E-state index contributed by atoms with van der Waals surface area (Å²) >= 11 is 0. The van der Waals surface area contributed by atoms with Gasteiger partial charge in [0.25, 0.3) is 0 Å². The summed E-state index contributed by atoms with van der Waals surface area (Å²) in [4.78, 5) is 0. The zero-order valence-corrected chi connectivity index (χ0v) is 13.1. The Balaban J connectivity index is 1.94. The number of rotatable bonds is 6. The Hall–Kier alpha value is -2.67. The molecule has 0 heterocycles. The third-order valence-corrected chi connectivity index (χ3v) is 3.23. The van der Waals surface area contributed by atoms with Gasteiger partial charge in [-0.1, -0.05) is 12.1 Å². The van der Waals surface area contributed by atoms with Crippen LogP contribution in [-0.4, -0.2) is 20.3 Å². The number of nitriles is 1. The van der Waals surface area contributed by atoms with Crippen LogP contribution in [0.4, 0.5) is 0 Å². The van der Waals surface area contributed by atoms with Gasteiger partial charge in [-0.2, -0.15) is 5.26 Å². The van der Waals surface area contributed by atoms with Gasteiger partial charge in [0.05, 0.1) is 18.7 Å². The van der Waals surface area contributed by atoms with Crippen LogP contribution in [-0.2, 0) is 0 Å². The SMILES string of the molecule is COc1ccc(C#N)cc1OCCOc1cc(C)ccc1C. The first-order valence-corrected chi connectivity index (χ1v) is 7.05. The topological polar surface area (TPSA) is 51.5 Å². The number of aryl methyl sites for hydroxylation is 2. The fourth-order valence-electron chi connectivity index (χ4n) is 2.03. The summed E-state index contributed by atoms with van der Waals surface area (Å²) < 4.78 is 16.6. The largest absolute Gasteiger partial charge is 0.493 e. The van der Waals surface area contributed by atoms with E-state index in [1.165, 1.54) is 0 Å². The second-order valence-corrected chi connectivity index (χ2v) is 4.94. The molecule has 0 aromatic heterocycles. The van der Waals surface area contributed by atoms with Crippen molar-refractivity contribution in [2.75, 3.05) is 20.3 Å². The van der Waals surface area contributed by atoms with Crippen LogP contribution in [0.3, 0.4) is 0 Å². The van der Waals surface area contributed by atoms with E-state index in [0.29, 0.717) is 30.3 Å². The molecule has 0 fully saturated rings. The van der Waals surface area contributed by atoms with Crippen molar-refractivity contribution in [2.24, 2.45) is 0 Å². The Kier molecular flexibility index (Phi) is 5.26. The summed E-state index contributed by atoms with van der Waals surface area (Å²) in [5.74, 6) is 2.01. The maximum atomic E-state index is 8.93. The number of methoxy groups -OCH3 is 1. The molecule has 114 valence electrons. The van der Waals surface area contributed by atoms with E-state index in [1.807, 2.05) is 26.0 Å². The number of nitrogens with zero attached hydrogens (tertiary/aromatic N) is 1. The molecule has 2 aromatic carbocycles. The average Bonchev–Trinajstić information content (AvgIpc) is 2.54. The van der Waals surface area contributed by atoms with Crippen molar-refractivity contribution in [2.45, 2.75) is 13.8 Å². The van der Waals surface area contributed by atoms with Crippen LogP contribution in [0, 0.1) is 25.2 Å². The highest BCUT2D eigenvalue weighted by molar-refractivity contribution is 5.46. The van der Waals surface area contributed by atoms with Gasteiger partial charge in [0.2, 0.25) is 0 Å². The molecule has 0 N–H and O–H groups in total. The van der Waals surface area contributed by atoms with Crippen molar-refractivity contribution in [3.05, 3.63) is 53.1 Å². The molecular weight excluding hydrogens is 278 g/mol. The molecule has 0 atom stereocenters. The minimum Gasteiger partial charge on any atom is -0.493 e. The Labute approximate surface area is 130 Å². The third-order valence-electron chi connectivity index (χ3n) is 3.23. The molecule has 0 bridgehead atoms. The van der Waals surface area contributed by atoms with Crippen LogP contribution in [0.15, 0.2) is 36.4 Å². The van der Waals surface area contributed by atoms with Gasteiger partial charge in [0.1, 0.15) is 19.0 Å². The predicted molar refractivity (Wildman–Crippen MR) is 84.6 cm³/mol. The first kappa shape index (κ1) is 15.7. The molecule has 0 amide bonds. The molecule has 0 saturated carbocycles. The molecule has 0 aliphatic carbocycles. The van der Waals surface area contributed by atoms with E-state index in [9.17, 15) is 0 Å². The fraction of sp³-hybridized carbons (Fsp3) is 0.278. The first-order chi connectivity index (χ1) is 10.6. The zero-order chi connectivity index (χ0) is 15.9. The summed E-state index contributed by atoms with van der Waals surface area (Å²) in [5.41, 5.74) is 2.78. The average molecular weight is 297 g/mol. The normalized spacial score (nSPS) is 9.91. The first-order valence-electron chi connectivity index (χ1n) is 7.05. The highest BCUT2D eigenvalue weighted by Crippen LogP contribution is 2.27. The van der Waals surface area contributed by atoms with Crippen LogP contribution in [0.25, 0.3) is 0 Å². The lowest BCUT2D eigenvalue weighted by atomic mass is 10.1. The van der Waals surface area contributed by atoms with E-state index in [-0.39, 0.29) is 0 Å². The van der Waals surface area contributed by atoms with Gasteiger partial charge in [-0.05, 0) is 43.2 Å². The quantitative estimate of drug-likeness (QED) is 0.764. The summed E-state index contributed by atoms with van der Waals surface area (Å²) in [5, 5.41) is 8.93. The molecule has 22 heavy (non-hydrogen) atoms. The zero-order valence-electron chi connectivity index (χ0n) is 13.1. The van der Waals surface area contributed by atoms with Gasteiger partial charge in [-0.3, -0.25) is 0 Å². The van der Waals surface area contributed by atoms with Crippen molar-refractivity contribution >= 4 is 0 Å². The molecule has 2 aromatic rings. The molecule has 0 unspecified atom stereocenters. The molecule has 0 spiro atoms. The molecule has 4 nitrogen and oxygen atoms in total. The molecular formula is C18H19NO3.